The molecule has 0 unspecified atom stereocenters. The van der Waals surface area contributed by atoms with E-state index >= 15 is 4.79 Å². The predicted molar refractivity (Wildman–Crippen MR) is 244 cm³/mol. The number of rotatable bonds is 23. The first-order chi connectivity index (χ1) is 30.5. The molecule has 2 N–H and O–H groups in total. The number of fused-ring (bicyclic) bond motifs is 3. The molecule has 62 heavy (non-hydrogen) atoms. The number of amides is 1. The van der Waals surface area contributed by atoms with Gasteiger partial charge < -0.3 is 34.2 Å². The molecule has 3 fully saturated rings. The smallest absolute Gasteiger partial charge is 0.239 e. The van der Waals surface area contributed by atoms with Crippen molar-refractivity contribution < 1.29 is 34.1 Å². The van der Waals surface area contributed by atoms with Crippen molar-refractivity contribution in [1.29, 1.82) is 0 Å². The van der Waals surface area contributed by atoms with Crippen molar-refractivity contribution in [3.63, 3.8) is 0 Å². The maximum Gasteiger partial charge on any atom is 0.239 e. The van der Waals surface area contributed by atoms with Crippen LogP contribution in [0.4, 0.5) is 0 Å². The first-order valence-corrected chi connectivity index (χ1v) is 23.8. The molecular weight excluding hydrogens is 779 g/mol. The van der Waals surface area contributed by atoms with Crippen molar-refractivity contribution in [2.24, 2.45) is 28.8 Å². The first kappa shape index (κ1) is 44.4. The van der Waals surface area contributed by atoms with Crippen LogP contribution in [-0.2, 0) is 20.9 Å². The molecule has 2 heterocycles. The van der Waals surface area contributed by atoms with Crippen LogP contribution < -0.4 is 9.47 Å². The number of allylic oxidation sites excluding steroid dienone is 1. The molecular formula is C52H69N3O7. The Morgan fingerprint density at radius 3 is 2.56 bits per heavy atom. The van der Waals surface area contributed by atoms with E-state index in [4.69, 9.17) is 24.2 Å². The fourth-order valence-electron chi connectivity index (χ4n) is 11.2. The zero-order valence-electron chi connectivity index (χ0n) is 36.9. The molecule has 0 spiro atoms. The topological polar surface area (TPSA) is 113 Å². The van der Waals surface area contributed by atoms with Crippen molar-refractivity contribution in [1.82, 2.24) is 9.80 Å². The van der Waals surface area contributed by atoms with Gasteiger partial charge in [-0.3, -0.25) is 9.69 Å². The van der Waals surface area contributed by atoms with E-state index in [0.29, 0.717) is 44.9 Å². The summed E-state index contributed by atoms with van der Waals surface area (Å²) in [5, 5.41) is 27.1. The Labute approximate surface area is 368 Å². The number of ether oxygens (including phenoxy) is 3. The van der Waals surface area contributed by atoms with Gasteiger partial charge in [0.05, 0.1) is 18.2 Å². The standard InChI is InChI=1S/C52H69N3O7/c1-3-31-60-52-48(55(49(58)25-22-37-14-5-6-15-37)36-40-19-13-18-38-16-7-8-20-42(38)40)35-46(53-61-4-2)44-33-39(17-9-11-29-56)43(21-10-12-30-57)50(51(44)52)45-34-41(23-24-47(45)62-52)59-32-28-54-26-27-54/h3,7-8,13,16,18-20,23-24,33-34,37,39,43,48,50-51,56-57H,1,4-6,9-12,14-15,17,21-22,25-32,35-36H2,2H3/t39-,43+,48-,50+,51+,52+/m0/s1. The van der Waals surface area contributed by atoms with Crippen LogP contribution in [0.1, 0.15) is 107 Å². The summed E-state index contributed by atoms with van der Waals surface area (Å²) in [6.07, 6.45) is 15.7. The molecule has 6 atom stereocenters. The molecule has 2 aliphatic heterocycles. The number of aliphatic hydroxyl groups excluding tert-OH is 2. The van der Waals surface area contributed by atoms with Crippen LogP contribution in [0, 0.1) is 23.7 Å². The first-order valence-electron chi connectivity index (χ1n) is 23.8. The summed E-state index contributed by atoms with van der Waals surface area (Å²) in [6, 6.07) is 20.5. The summed E-state index contributed by atoms with van der Waals surface area (Å²) >= 11 is 0. The predicted octanol–water partition coefficient (Wildman–Crippen LogP) is 9.19. The third kappa shape index (κ3) is 9.79. The molecule has 1 amide bonds. The number of carbonyl (C=O) groups is 1. The van der Waals surface area contributed by atoms with Crippen LogP contribution >= 0.6 is 0 Å². The molecule has 10 nitrogen and oxygen atoms in total. The molecule has 0 radical (unpaired) electrons. The van der Waals surface area contributed by atoms with Crippen molar-refractivity contribution in [2.75, 3.05) is 52.7 Å². The van der Waals surface area contributed by atoms with Crippen molar-refractivity contribution in [3.8, 4) is 11.5 Å². The van der Waals surface area contributed by atoms with Crippen molar-refractivity contribution in [2.45, 2.75) is 115 Å². The van der Waals surface area contributed by atoms with Gasteiger partial charge in [0.1, 0.15) is 30.8 Å². The Morgan fingerprint density at radius 2 is 1.79 bits per heavy atom. The molecule has 3 aliphatic carbocycles. The third-order valence-corrected chi connectivity index (χ3v) is 14.3. The highest BCUT2D eigenvalue weighted by Crippen LogP contribution is 2.62. The lowest BCUT2D eigenvalue weighted by Crippen LogP contribution is -2.70. The zero-order chi connectivity index (χ0) is 42.9. The number of unbranched alkanes of at least 4 members (excludes halogenated alkanes) is 2. The van der Waals surface area contributed by atoms with Gasteiger partial charge in [-0.15, -0.1) is 6.58 Å². The molecule has 5 aliphatic rings. The van der Waals surface area contributed by atoms with Crippen molar-refractivity contribution >= 4 is 22.4 Å². The zero-order valence-corrected chi connectivity index (χ0v) is 36.9. The summed E-state index contributed by atoms with van der Waals surface area (Å²) in [6.45, 7) is 11.1. The maximum absolute atomic E-state index is 15.3. The molecule has 0 aromatic heterocycles. The normalized spacial score (nSPS) is 26.1. The molecule has 0 bridgehead atoms. The second kappa shape index (κ2) is 21.0. The van der Waals surface area contributed by atoms with Crippen LogP contribution in [-0.4, -0.2) is 96.1 Å². The van der Waals surface area contributed by atoms with Gasteiger partial charge in [-0.25, -0.2) is 0 Å². The summed E-state index contributed by atoms with van der Waals surface area (Å²) < 4.78 is 21.3. The largest absolute Gasteiger partial charge is 0.492 e. The number of oxime groups is 1. The Bertz CT molecular complexity index is 2040. The molecule has 334 valence electrons. The average molecular weight is 848 g/mol. The lowest BCUT2D eigenvalue weighted by molar-refractivity contribution is -0.258. The third-order valence-electron chi connectivity index (χ3n) is 14.3. The molecule has 8 rings (SSSR count). The Balaban J connectivity index is 1.30. The van der Waals surface area contributed by atoms with E-state index in [1.54, 1.807) is 6.08 Å². The highest BCUT2D eigenvalue weighted by atomic mass is 16.7. The summed E-state index contributed by atoms with van der Waals surface area (Å²) in [5.74, 6) is 0.762. The van der Waals surface area contributed by atoms with Crippen molar-refractivity contribution in [3.05, 3.63) is 96.1 Å². The average Bonchev–Trinajstić information content (AvgIpc) is 3.97. The summed E-state index contributed by atoms with van der Waals surface area (Å²) in [7, 11) is 0. The van der Waals surface area contributed by atoms with E-state index in [1.807, 2.05) is 13.0 Å². The Morgan fingerprint density at radius 1 is 1.00 bits per heavy atom. The van der Waals surface area contributed by atoms with Gasteiger partial charge in [0, 0.05) is 63.7 Å². The van der Waals surface area contributed by atoms with Crippen LogP contribution in [0.25, 0.3) is 10.8 Å². The molecule has 3 aromatic carbocycles. The Hall–Kier alpha value is -4.22. The van der Waals surface area contributed by atoms with Gasteiger partial charge in [0.25, 0.3) is 0 Å². The summed E-state index contributed by atoms with van der Waals surface area (Å²) in [4.78, 5) is 25.8. The number of carbonyl (C=O) groups excluding carboxylic acids is 1. The SMILES string of the molecule is C=CCO[C@@]12Oc3ccc(OCCN4CC4)cc3[C@H]3[C@H](CCCCO)[C@@H](CCCCO)C=C(C(=NOCC)C[C@@H]1N(Cc1cccc4ccccc14)C(=O)CCC1CCCC1)[C@H]32. The molecule has 2 saturated carbocycles. The van der Waals surface area contributed by atoms with E-state index in [-0.39, 0.29) is 49.4 Å². The number of aliphatic hydroxyl groups is 2. The van der Waals surface area contributed by atoms with Gasteiger partial charge in [0.15, 0.2) is 0 Å². The molecule has 1 saturated heterocycles. The maximum atomic E-state index is 15.3. The highest BCUT2D eigenvalue weighted by molar-refractivity contribution is 6.03. The van der Waals surface area contributed by atoms with Crippen LogP contribution in [0.3, 0.4) is 0 Å². The van der Waals surface area contributed by atoms with E-state index < -0.39 is 11.8 Å². The van der Waals surface area contributed by atoms with Gasteiger partial charge >= 0.3 is 0 Å². The van der Waals surface area contributed by atoms with Crippen LogP contribution in [0.15, 0.2) is 90.1 Å². The minimum atomic E-state index is -1.30. The fourth-order valence-corrected chi connectivity index (χ4v) is 11.2. The Kier molecular flexibility index (Phi) is 15.0. The van der Waals surface area contributed by atoms with E-state index in [9.17, 15) is 10.2 Å². The highest BCUT2D eigenvalue weighted by Gasteiger charge is 2.65. The van der Waals surface area contributed by atoms with Crippen LogP contribution in [0.2, 0.25) is 0 Å². The minimum Gasteiger partial charge on any atom is -0.492 e. The second-order valence-corrected chi connectivity index (χ2v) is 18.2. The number of nitrogens with zero attached hydrogens (tertiary/aromatic N) is 3. The van der Waals surface area contributed by atoms with Gasteiger partial charge in [-0.05, 0) is 96.9 Å². The number of hydrogen-bond acceptors (Lipinski definition) is 9. The molecule has 3 aromatic rings. The monoisotopic (exact) mass is 848 g/mol. The van der Waals surface area contributed by atoms with E-state index in [2.05, 4.69) is 77.1 Å². The second-order valence-electron chi connectivity index (χ2n) is 18.2. The van der Waals surface area contributed by atoms with Gasteiger partial charge in [0.2, 0.25) is 11.7 Å². The lowest BCUT2D eigenvalue weighted by atomic mass is 9.55. The van der Waals surface area contributed by atoms with E-state index in [0.717, 1.165) is 103 Å². The van der Waals surface area contributed by atoms with Gasteiger partial charge in [-0.2, -0.15) is 0 Å². The van der Waals surface area contributed by atoms with Gasteiger partial charge in [-0.1, -0.05) is 98.3 Å². The lowest BCUT2D eigenvalue weighted by Gasteiger charge is -2.60. The fraction of sp³-hybridized carbons (Fsp3) is 0.577. The molecule has 10 heteroatoms. The van der Waals surface area contributed by atoms with E-state index in [1.165, 1.54) is 25.7 Å². The van der Waals surface area contributed by atoms with Crippen LogP contribution in [0.5, 0.6) is 11.5 Å². The number of benzene rings is 3. The minimum absolute atomic E-state index is 0.0953. The summed E-state index contributed by atoms with van der Waals surface area (Å²) in [5.41, 5.74) is 4.04. The number of hydrogen-bond donors (Lipinski definition) is 2. The quantitative estimate of drug-likeness (QED) is 0.0421.